The van der Waals surface area contributed by atoms with E-state index in [-0.39, 0.29) is 0 Å². The highest BCUT2D eigenvalue weighted by Crippen LogP contribution is 2.36. The molecular formula is C72H60. The summed E-state index contributed by atoms with van der Waals surface area (Å²) in [5, 5.41) is 0. The molecule has 13 aliphatic rings. The predicted molar refractivity (Wildman–Crippen MR) is 303 cm³/mol. The minimum absolute atomic E-state index is 1.02. The Labute approximate surface area is 426 Å². The van der Waals surface area contributed by atoms with Crippen LogP contribution in [0.3, 0.4) is 0 Å². The van der Waals surface area contributed by atoms with Crippen molar-refractivity contribution in [1.29, 1.82) is 0 Å². The number of rotatable bonds is 0. The molecule has 0 aliphatic heterocycles. The molecule has 0 nitrogen and oxygen atoms in total. The van der Waals surface area contributed by atoms with Crippen molar-refractivity contribution in [3.63, 3.8) is 0 Å². The summed E-state index contributed by atoms with van der Waals surface area (Å²) in [6.45, 7) is 0. The first-order valence-electron chi connectivity index (χ1n) is 26.6. The number of hydrogen-bond donors (Lipinski definition) is 0. The van der Waals surface area contributed by atoms with Crippen LogP contribution in [0.15, 0.2) is 218 Å². The van der Waals surface area contributed by atoms with Gasteiger partial charge in [-0.25, -0.2) is 0 Å². The molecular weight excluding hydrogens is 865 g/mol. The van der Waals surface area contributed by atoms with Crippen molar-refractivity contribution in [2.45, 2.75) is 77.0 Å². The zero-order valence-corrected chi connectivity index (χ0v) is 41.3. The Morgan fingerprint density at radius 2 is 0.264 bits per heavy atom. The fraction of sp³-hybridized carbons (Fsp3) is 0.167. The third-order valence-electron chi connectivity index (χ3n) is 16.5. The highest BCUT2D eigenvalue weighted by molar-refractivity contribution is 5.76. The molecule has 0 spiro atoms. The van der Waals surface area contributed by atoms with Gasteiger partial charge in [0.05, 0.1) is 0 Å². The van der Waals surface area contributed by atoms with Crippen LogP contribution in [0.2, 0.25) is 0 Å². The van der Waals surface area contributed by atoms with E-state index in [9.17, 15) is 0 Å². The number of fused-ring (bicyclic) bond motifs is 12. The second-order valence-corrected chi connectivity index (χ2v) is 20.8. The molecule has 0 saturated carbocycles. The van der Waals surface area contributed by atoms with Crippen LogP contribution in [-0.4, -0.2) is 0 Å². The van der Waals surface area contributed by atoms with Crippen LogP contribution in [-0.2, 0) is 77.0 Å². The van der Waals surface area contributed by atoms with Gasteiger partial charge in [-0.3, -0.25) is 0 Å². The van der Waals surface area contributed by atoms with Crippen LogP contribution in [0.5, 0.6) is 0 Å². The Morgan fingerprint density at radius 3 is 0.431 bits per heavy atom. The van der Waals surface area contributed by atoms with Gasteiger partial charge in [0.15, 0.2) is 0 Å². The van der Waals surface area contributed by atoms with E-state index in [0.29, 0.717) is 0 Å². The molecule has 0 aromatic heterocycles. The SMILES string of the molecule is c1cc2ccc3c-2ccc1CCc1ccc2ccc(c-2cc1)CCc1ccc2ccc(ccc1-2)CCc1ccc2ccc(c-2cc1)CCc1ccc2ccc(ccc1-2)CCc1ccc2ccc(c-2cc1)CC3. The van der Waals surface area contributed by atoms with Crippen molar-refractivity contribution in [3.05, 3.63) is 285 Å². The third-order valence-corrected chi connectivity index (χ3v) is 16.5. The Bertz CT molecular complexity index is 3030. The summed E-state index contributed by atoms with van der Waals surface area (Å²) < 4.78 is 0. The van der Waals surface area contributed by atoms with Crippen molar-refractivity contribution in [2.24, 2.45) is 0 Å². The summed E-state index contributed by atoms with van der Waals surface area (Å²) in [6.07, 6.45) is 12.3. The summed E-state index contributed by atoms with van der Waals surface area (Å²) in [7, 11) is 0. The number of aryl methyl sites for hydroxylation is 12. The molecule has 0 fully saturated rings. The summed E-state index contributed by atoms with van der Waals surface area (Å²) in [5.41, 5.74) is 33.2. The summed E-state index contributed by atoms with van der Waals surface area (Å²) in [5.74, 6) is 0. The first-order valence-corrected chi connectivity index (χ1v) is 26.6. The summed E-state index contributed by atoms with van der Waals surface area (Å²) >= 11 is 0. The van der Waals surface area contributed by atoms with Crippen LogP contribution in [0, 0.1) is 0 Å². The first-order chi connectivity index (χ1) is 35.6. The lowest BCUT2D eigenvalue weighted by Crippen LogP contribution is -1.91. The average molecular weight is 925 g/mol. The van der Waals surface area contributed by atoms with Crippen LogP contribution in [0.4, 0.5) is 0 Å². The van der Waals surface area contributed by atoms with E-state index in [0.717, 1.165) is 77.0 Å². The smallest absolute Gasteiger partial charge is 0.0152 e. The van der Waals surface area contributed by atoms with Gasteiger partial charge in [-0.15, -0.1) is 0 Å². The average Bonchev–Trinajstić information content (AvgIpc) is 4.16. The first kappa shape index (κ1) is 44.2. The van der Waals surface area contributed by atoms with Gasteiger partial charge < -0.3 is 0 Å². The maximum absolute atomic E-state index is 2.38. The molecule has 12 bridgehead atoms. The van der Waals surface area contributed by atoms with Crippen LogP contribution in [0.25, 0.3) is 66.8 Å². The molecule has 0 atom stereocenters. The predicted octanol–water partition coefficient (Wildman–Crippen LogP) is 17.3. The van der Waals surface area contributed by atoms with Crippen LogP contribution >= 0.6 is 0 Å². The highest BCUT2D eigenvalue weighted by Gasteiger charge is 2.17. The van der Waals surface area contributed by atoms with Crippen molar-refractivity contribution in [2.75, 3.05) is 0 Å². The standard InChI is InChI=1S/C72H60/c1-2-50-8-20-56-26-32-62(68(56)44-14-50)39-40-64-34-28-58-22-10-52(16-46-70(58)64)5-6-54-12-24-60-30-36-66(72(60)48-18-54)42-41-65-35-29-59-23-11-53(17-47-71(59)65)4-3-51-9-21-57-27-33-63(69(57)45-15-51)38-37-61-31-25-55-19-7-49(1)13-43-67(55)61/h7-36,43-48H,1-6,37-42H2. The Morgan fingerprint density at radius 1 is 0.125 bits per heavy atom. The molecule has 13 aliphatic carbocycles. The Balaban J connectivity index is 0.783. The van der Waals surface area contributed by atoms with E-state index < -0.39 is 0 Å². The molecule has 0 heteroatoms. The quantitative estimate of drug-likeness (QED) is 0.142. The molecule has 72 heavy (non-hydrogen) atoms. The molecule has 348 valence electrons. The second kappa shape index (κ2) is 19.4. The molecule has 0 heterocycles. The van der Waals surface area contributed by atoms with E-state index in [1.807, 2.05) is 0 Å². The maximum atomic E-state index is 2.38. The normalized spacial score (nSPS) is 14.0. The number of hydrogen-bond acceptors (Lipinski definition) is 0. The second-order valence-electron chi connectivity index (χ2n) is 20.8. The fourth-order valence-corrected chi connectivity index (χ4v) is 12.1. The molecule has 0 aromatic carbocycles. The van der Waals surface area contributed by atoms with Crippen molar-refractivity contribution >= 4 is 0 Å². The van der Waals surface area contributed by atoms with Gasteiger partial charge in [-0.05, 0) is 211 Å². The topological polar surface area (TPSA) is 0 Å². The van der Waals surface area contributed by atoms with Crippen molar-refractivity contribution in [1.82, 2.24) is 0 Å². The van der Waals surface area contributed by atoms with Gasteiger partial charge >= 0.3 is 0 Å². The van der Waals surface area contributed by atoms with E-state index in [4.69, 9.17) is 0 Å². The lowest BCUT2D eigenvalue weighted by atomic mass is 10.0. The lowest BCUT2D eigenvalue weighted by molar-refractivity contribution is 0.962. The monoisotopic (exact) mass is 924 g/mol. The molecule has 0 unspecified atom stereocenters. The minimum atomic E-state index is 1.02. The maximum Gasteiger partial charge on any atom is -0.0152 e. The fourth-order valence-electron chi connectivity index (χ4n) is 12.1. The van der Waals surface area contributed by atoms with E-state index in [1.165, 1.54) is 134 Å². The molecule has 0 saturated heterocycles. The lowest BCUT2D eigenvalue weighted by Gasteiger charge is -2.04. The van der Waals surface area contributed by atoms with Gasteiger partial charge in [0.1, 0.15) is 0 Å². The minimum Gasteiger partial charge on any atom is -0.0584 e. The van der Waals surface area contributed by atoms with Crippen molar-refractivity contribution in [3.8, 4) is 66.8 Å². The van der Waals surface area contributed by atoms with Gasteiger partial charge in [0, 0.05) is 0 Å². The molecule has 0 amide bonds. The summed E-state index contributed by atoms with van der Waals surface area (Å²) in [6, 6.07) is 84.5. The van der Waals surface area contributed by atoms with Gasteiger partial charge in [-0.1, -0.05) is 218 Å². The van der Waals surface area contributed by atoms with E-state index >= 15 is 0 Å². The van der Waals surface area contributed by atoms with Crippen molar-refractivity contribution < 1.29 is 0 Å². The van der Waals surface area contributed by atoms with E-state index in [2.05, 4.69) is 218 Å². The zero-order valence-electron chi connectivity index (χ0n) is 41.3. The van der Waals surface area contributed by atoms with Crippen LogP contribution in [0.1, 0.15) is 66.8 Å². The summed E-state index contributed by atoms with van der Waals surface area (Å²) in [4.78, 5) is 0. The largest absolute Gasteiger partial charge is 0.0584 e. The van der Waals surface area contributed by atoms with E-state index in [1.54, 1.807) is 0 Å². The molecule has 13 rings (SSSR count). The Kier molecular flexibility index (Phi) is 11.9. The third kappa shape index (κ3) is 9.08. The molecule has 0 radical (unpaired) electrons. The molecule has 0 N–H and O–H groups in total. The zero-order chi connectivity index (χ0) is 47.8. The van der Waals surface area contributed by atoms with Gasteiger partial charge in [-0.2, -0.15) is 0 Å². The highest BCUT2D eigenvalue weighted by atomic mass is 14.2. The Hall–Kier alpha value is -7.80. The molecule has 0 aromatic rings. The van der Waals surface area contributed by atoms with Crippen LogP contribution < -0.4 is 0 Å². The van der Waals surface area contributed by atoms with Gasteiger partial charge in [0.25, 0.3) is 0 Å². The van der Waals surface area contributed by atoms with Gasteiger partial charge in [0.2, 0.25) is 0 Å².